The van der Waals surface area contributed by atoms with E-state index in [1.807, 2.05) is 17.7 Å². The summed E-state index contributed by atoms with van der Waals surface area (Å²) in [5, 5.41) is 4.16. The van der Waals surface area contributed by atoms with E-state index in [0.717, 1.165) is 5.69 Å². The van der Waals surface area contributed by atoms with E-state index in [1.54, 1.807) is 0 Å². The fraction of sp³-hybridized carbons (Fsp3) is 0.727. The number of rotatable bonds is 3. The first-order valence-corrected chi connectivity index (χ1v) is 5.67. The van der Waals surface area contributed by atoms with Gasteiger partial charge in [0, 0.05) is 11.8 Å². The van der Waals surface area contributed by atoms with Crippen molar-refractivity contribution in [2.75, 3.05) is 5.73 Å². The Bertz CT molecular complexity index is 316. The molecule has 0 saturated heterocycles. The normalized spacial score (nSPS) is 18.2. The molecule has 1 aromatic rings. The fourth-order valence-corrected chi connectivity index (χ4v) is 2.07. The van der Waals surface area contributed by atoms with E-state index in [1.165, 1.54) is 32.1 Å². The first kappa shape index (κ1) is 10.5. The molecule has 0 unspecified atom stereocenters. The summed E-state index contributed by atoms with van der Waals surface area (Å²) in [6.45, 7) is 2.53. The van der Waals surface area contributed by atoms with Crippen LogP contribution < -0.4 is 5.73 Å². The summed E-state index contributed by atoms with van der Waals surface area (Å²) in [5.74, 6) is 0.569. The Labute approximate surface area is 90.4 Å². The van der Waals surface area contributed by atoms with Crippen LogP contribution >= 0.6 is 0 Å². The molecule has 4 heteroatoms. The largest absolute Gasteiger partial charge is 0.382 e. The molecule has 0 atom stereocenters. The second-order valence-corrected chi connectivity index (χ2v) is 4.27. The van der Waals surface area contributed by atoms with Crippen molar-refractivity contribution in [3.63, 3.8) is 0 Å². The van der Waals surface area contributed by atoms with Gasteiger partial charge in [0.1, 0.15) is 12.5 Å². The SMILES string of the molecule is Cc1cc(N)nn1COC1CCCCC1. The maximum Gasteiger partial charge on any atom is 0.145 e. The van der Waals surface area contributed by atoms with Gasteiger partial charge in [-0.3, -0.25) is 0 Å². The highest BCUT2D eigenvalue weighted by molar-refractivity contribution is 5.28. The number of ether oxygens (including phenoxy) is 1. The van der Waals surface area contributed by atoms with Crippen molar-refractivity contribution in [2.45, 2.75) is 51.9 Å². The number of aromatic nitrogens is 2. The molecule has 0 amide bonds. The zero-order chi connectivity index (χ0) is 10.7. The van der Waals surface area contributed by atoms with E-state index in [0.29, 0.717) is 18.7 Å². The number of nitrogen functional groups attached to an aromatic ring is 1. The standard InChI is InChI=1S/C11H19N3O/c1-9-7-11(12)13-14(9)8-15-10-5-3-2-4-6-10/h7,10H,2-6,8H2,1H3,(H2,12,13). The van der Waals surface area contributed by atoms with Gasteiger partial charge in [-0.25, -0.2) is 4.68 Å². The third-order valence-corrected chi connectivity index (χ3v) is 2.98. The lowest BCUT2D eigenvalue weighted by atomic mass is 9.98. The summed E-state index contributed by atoms with van der Waals surface area (Å²) in [6.07, 6.45) is 6.75. The van der Waals surface area contributed by atoms with Gasteiger partial charge in [-0.1, -0.05) is 19.3 Å². The molecular formula is C11H19N3O. The van der Waals surface area contributed by atoms with Gasteiger partial charge in [0.05, 0.1) is 6.10 Å². The van der Waals surface area contributed by atoms with Gasteiger partial charge < -0.3 is 10.5 Å². The first-order valence-electron chi connectivity index (χ1n) is 5.67. The van der Waals surface area contributed by atoms with Crippen molar-refractivity contribution in [1.29, 1.82) is 0 Å². The maximum absolute atomic E-state index is 5.81. The van der Waals surface area contributed by atoms with Crippen LogP contribution in [-0.4, -0.2) is 15.9 Å². The van der Waals surface area contributed by atoms with E-state index < -0.39 is 0 Å². The predicted molar refractivity (Wildman–Crippen MR) is 59.3 cm³/mol. The third kappa shape index (κ3) is 2.72. The van der Waals surface area contributed by atoms with Crippen molar-refractivity contribution in [3.05, 3.63) is 11.8 Å². The van der Waals surface area contributed by atoms with Gasteiger partial charge in [0.15, 0.2) is 0 Å². The van der Waals surface area contributed by atoms with Gasteiger partial charge in [-0.2, -0.15) is 5.10 Å². The molecule has 0 spiro atoms. The van der Waals surface area contributed by atoms with E-state index in [2.05, 4.69) is 5.10 Å². The molecule has 2 rings (SSSR count). The molecule has 84 valence electrons. The lowest BCUT2D eigenvalue weighted by Crippen LogP contribution is -2.19. The minimum Gasteiger partial charge on any atom is -0.382 e. The molecule has 1 fully saturated rings. The van der Waals surface area contributed by atoms with Crippen molar-refractivity contribution >= 4 is 5.82 Å². The van der Waals surface area contributed by atoms with Gasteiger partial charge in [-0.05, 0) is 19.8 Å². The Kier molecular flexibility index (Phi) is 3.26. The van der Waals surface area contributed by atoms with Crippen molar-refractivity contribution in [1.82, 2.24) is 9.78 Å². The summed E-state index contributed by atoms with van der Waals surface area (Å²) in [6, 6.07) is 1.87. The predicted octanol–water partition coefficient (Wildman–Crippen LogP) is 2.08. The number of nitrogens with zero attached hydrogens (tertiary/aromatic N) is 2. The summed E-state index contributed by atoms with van der Waals surface area (Å²) in [5.41, 5.74) is 6.66. The summed E-state index contributed by atoms with van der Waals surface area (Å²) in [4.78, 5) is 0. The molecule has 1 heterocycles. The van der Waals surface area contributed by atoms with E-state index in [4.69, 9.17) is 10.5 Å². The molecule has 1 aromatic heterocycles. The topological polar surface area (TPSA) is 53.1 Å². The minimum atomic E-state index is 0.420. The Morgan fingerprint density at radius 2 is 2.20 bits per heavy atom. The second kappa shape index (κ2) is 4.66. The molecule has 0 aromatic carbocycles. The molecular weight excluding hydrogens is 190 g/mol. The van der Waals surface area contributed by atoms with Crippen LogP contribution in [0.15, 0.2) is 6.07 Å². The highest BCUT2D eigenvalue weighted by Gasteiger charge is 2.14. The highest BCUT2D eigenvalue weighted by atomic mass is 16.5. The molecule has 1 aliphatic carbocycles. The Morgan fingerprint density at radius 3 is 2.80 bits per heavy atom. The van der Waals surface area contributed by atoms with Crippen LogP contribution in [0.4, 0.5) is 5.82 Å². The molecule has 0 aliphatic heterocycles. The number of anilines is 1. The summed E-state index contributed by atoms with van der Waals surface area (Å²) < 4.78 is 7.63. The summed E-state index contributed by atoms with van der Waals surface area (Å²) in [7, 11) is 0. The number of hydrogen-bond acceptors (Lipinski definition) is 3. The number of aryl methyl sites for hydroxylation is 1. The van der Waals surface area contributed by atoms with Crippen molar-refractivity contribution in [3.8, 4) is 0 Å². The van der Waals surface area contributed by atoms with E-state index in [-0.39, 0.29) is 0 Å². The molecule has 0 bridgehead atoms. The number of hydrogen-bond donors (Lipinski definition) is 1. The second-order valence-electron chi connectivity index (χ2n) is 4.27. The quantitative estimate of drug-likeness (QED) is 0.829. The lowest BCUT2D eigenvalue weighted by Gasteiger charge is -2.22. The highest BCUT2D eigenvalue weighted by Crippen LogP contribution is 2.20. The van der Waals surface area contributed by atoms with Gasteiger partial charge in [0.25, 0.3) is 0 Å². The molecule has 1 aliphatic rings. The molecule has 4 nitrogen and oxygen atoms in total. The average Bonchev–Trinajstić information content (AvgIpc) is 2.56. The van der Waals surface area contributed by atoms with Crippen LogP contribution in [0.5, 0.6) is 0 Å². The minimum absolute atomic E-state index is 0.420. The first-order chi connectivity index (χ1) is 7.25. The van der Waals surface area contributed by atoms with E-state index >= 15 is 0 Å². The van der Waals surface area contributed by atoms with E-state index in [9.17, 15) is 0 Å². The summed E-state index contributed by atoms with van der Waals surface area (Å²) >= 11 is 0. The Balaban J connectivity index is 1.84. The van der Waals surface area contributed by atoms with Gasteiger partial charge >= 0.3 is 0 Å². The molecule has 1 saturated carbocycles. The molecule has 2 N–H and O–H groups in total. The maximum atomic E-state index is 5.81. The van der Waals surface area contributed by atoms with Crippen molar-refractivity contribution < 1.29 is 4.74 Å². The van der Waals surface area contributed by atoms with Crippen LogP contribution in [-0.2, 0) is 11.5 Å². The zero-order valence-corrected chi connectivity index (χ0v) is 9.28. The molecule has 15 heavy (non-hydrogen) atoms. The third-order valence-electron chi connectivity index (χ3n) is 2.98. The van der Waals surface area contributed by atoms with Crippen LogP contribution in [0.1, 0.15) is 37.8 Å². The Morgan fingerprint density at radius 1 is 1.47 bits per heavy atom. The lowest BCUT2D eigenvalue weighted by molar-refractivity contribution is -0.0184. The average molecular weight is 209 g/mol. The van der Waals surface area contributed by atoms with Crippen molar-refractivity contribution in [2.24, 2.45) is 0 Å². The van der Waals surface area contributed by atoms with Crippen LogP contribution in [0.2, 0.25) is 0 Å². The molecule has 0 radical (unpaired) electrons. The van der Waals surface area contributed by atoms with Gasteiger partial charge in [-0.15, -0.1) is 0 Å². The zero-order valence-electron chi connectivity index (χ0n) is 9.28. The van der Waals surface area contributed by atoms with Crippen LogP contribution in [0.25, 0.3) is 0 Å². The van der Waals surface area contributed by atoms with Gasteiger partial charge in [0.2, 0.25) is 0 Å². The number of nitrogens with two attached hydrogens (primary N) is 1. The monoisotopic (exact) mass is 209 g/mol. The Hall–Kier alpha value is -1.03. The smallest absolute Gasteiger partial charge is 0.145 e. The fourth-order valence-electron chi connectivity index (χ4n) is 2.07. The van der Waals surface area contributed by atoms with Crippen LogP contribution in [0, 0.1) is 6.92 Å². The van der Waals surface area contributed by atoms with Crippen LogP contribution in [0.3, 0.4) is 0 Å².